The summed E-state index contributed by atoms with van der Waals surface area (Å²) in [5, 5.41) is 11.0. The fourth-order valence-corrected chi connectivity index (χ4v) is 1.13. The van der Waals surface area contributed by atoms with Crippen molar-refractivity contribution < 1.29 is 27.9 Å². The van der Waals surface area contributed by atoms with Crippen LogP contribution in [0, 0.1) is 17.5 Å². The number of aromatic hydroxyl groups is 1. The zero-order valence-corrected chi connectivity index (χ0v) is 9.55. The van der Waals surface area contributed by atoms with Crippen molar-refractivity contribution in [2.45, 2.75) is 19.9 Å². The van der Waals surface area contributed by atoms with E-state index in [1.807, 2.05) is 0 Å². The summed E-state index contributed by atoms with van der Waals surface area (Å²) in [6, 6.07) is -0.598. The van der Waals surface area contributed by atoms with Crippen LogP contribution in [0.25, 0.3) is 0 Å². The van der Waals surface area contributed by atoms with E-state index in [9.17, 15) is 22.8 Å². The molecule has 0 radical (unpaired) electrons. The zero-order valence-electron chi connectivity index (χ0n) is 9.55. The third-order valence-corrected chi connectivity index (χ3v) is 2.34. The molecule has 1 amide bonds. The van der Waals surface area contributed by atoms with E-state index >= 15 is 0 Å². The minimum atomic E-state index is -1.77. The number of halogens is 3. The summed E-state index contributed by atoms with van der Waals surface area (Å²) in [4.78, 5) is 22.4. The van der Waals surface area contributed by atoms with E-state index in [-0.39, 0.29) is 0 Å². The number of amides is 1. The van der Waals surface area contributed by atoms with Crippen LogP contribution in [0.3, 0.4) is 0 Å². The molecule has 0 aliphatic carbocycles. The van der Waals surface area contributed by atoms with Gasteiger partial charge in [-0.25, -0.2) is 8.78 Å². The lowest BCUT2D eigenvalue weighted by Gasteiger charge is -2.11. The highest BCUT2D eigenvalue weighted by atomic mass is 19.2. The van der Waals surface area contributed by atoms with Gasteiger partial charge in [-0.3, -0.25) is 9.59 Å². The third kappa shape index (κ3) is 2.61. The fourth-order valence-electron chi connectivity index (χ4n) is 1.13. The fraction of sp³-hybridized carbons (Fsp3) is 0.273. The number of hydrogen-bond donors (Lipinski definition) is 2. The van der Waals surface area contributed by atoms with Gasteiger partial charge in [-0.15, -0.1) is 0 Å². The lowest BCUT2D eigenvalue weighted by atomic mass is 10.1. The van der Waals surface area contributed by atoms with Gasteiger partial charge in [0.1, 0.15) is 0 Å². The maximum Gasteiger partial charge on any atom is 0.255 e. The molecule has 1 aromatic rings. The number of carbonyl (C=O) groups excluding carboxylic acids is 2. The minimum Gasteiger partial charge on any atom is -0.503 e. The van der Waals surface area contributed by atoms with Gasteiger partial charge in [-0.05, 0) is 19.9 Å². The van der Waals surface area contributed by atoms with Gasteiger partial charge in [-0.2, -0.15) is 4.39 Å². The molecule has 0 bridgehead atoms. The first-order valence-corrected chi connectivity index (χ1v) is 4.93. The van der Waals surface area contributed by atoms with Gasteiger partial charge >= 0.3 is 0 Å². The number of phenolic OH excluding ortho intramolecular Hbond substituents is 1. The molecule has 0 spiro atoms. The lowest BCUT2D eigenvalue weighted by molar-refractivity contribution is -0.118. The molecule has 1 unspecified atom stereocenters. The topological polar surface area (TPSA) is 66.4 Å². The normalized spacial score (nSPS) is 12.1. The number of carbonyl (C=O) groups is 2. The SMILES string of the molecule is CC(=O)C(C)NC(=O)c1cc(F)c(F)c(O)c1F. The Morgan fingerprint density at radius 1 is 1.28 bits per heavy atom. The van der Waals surface area contributed by atoms with Crippen LogP contribution in [0.1, 0.15) is 24.2 Å². The van der Waals surface area contributed by atoms with Gasteiger partial charge in [0, 0.05) is 0 Å². The number of ketones is 1. The second kappa shape index (κ2) is 5.07. The number of hydrogen-bond acceptors (Lipinski definition) is 3. The predicted octanol–water partition coefficient (Wildman–Crippen LogP) is 1.52. The number of phenols is 1. The molecular weight excluding hydrogens is 251 g/mol. The zero-order chi connectivity index (χ0) is 14.0. The Labute approximate surface area is 100 Å². The molecule has 0 aliphatic rings. The molecule has 0 fully saturated rings. The van der Waals surface area contributed by atoms with Crippen molar-refractivity contribution in [3.8, 4) is 5.75 Å². The summed E-state index contributed by atoms with van der Waals surface area (Å²) in [5.41, 5.74) is -0.875. The van der Waals surface area contributed by atoms with Crippen molar-refractivity contribution in [3.05, 3.63) is 29.1 Å². The van der Waals surface area contributed by atoms with E-state index in [0.29, 0.717) is 6.07 Å². The molecular formula is C11H10F3NO3. The average molecular weight is 261 g/mol. The highest BCUT2D eigenvalue weighted by Crippen LogP contribution is 2.25. The summed E-state index contributed by atoms with van der Waals surface area (Å²) in [6.45, 7) is 2.54. The Kier molecular flexibility index (Phi) is 3.95. The van der Waals surface area contributed by atoms with E-state index in [1.54, 1.807) is 0 Å². The summed E-state index contributed by atoms with van der Waals surface area (Å²) < 4.78 is 39.0. The van der Waals surface area contributed by atoms with Gasteiger partial charge in [0.05, 0.1) is 11.6 Å². The van der Waals surface area contributed by atoms with Crippen LogP contribution in [0.15, 0.2) is 6.07 Å². The monoisotopic (exact) mass is 261 g/mol. The average Bonchev–Trinajstić information content (AvgIpc) is 2.30. The summed E-state index contributed by atoms with van der Waals surface area (Å²) in [5.74, 6) is -8.00. The van der Waals surface area contributed by atoms with E-state index < -0.39 is 46.5 Å². The first kappa shape index (κ1) is 14.0. The van der Waals surface area contributed by atoms with Crippen molar-refractivity contribution >= 4 is 11.7 Å². The molecule has 1 rings (SSSR count). The van der Waals surface area contributed by atoms with Crippen LogP contribution in [0.5, 0.6) is 5.75 Å². The second-order valence-electron chi connectivity index (χ2n) is 3.69. The van der Waals surface area contributed by atoms with Gasteiger partial charge in [0.25, 0.3) is 5.91 Å². The molecule has 0 aromatic heterocycles. The Balaban J connectivity index is 3.11. The van der Waals surface area contributed by atoms with Crippen molar-refractivity contribution in [1.29, 1.82) is 0 Å². The van der Waals surface area contributed by atoms with Crippen LogP contribution in [0.2, 0.25) is 0 Å². The van der Waals surface area contributed by atoms with Gasteiger partial charge in [-0.1, -0.05) is 0 Å². The molecule has 2 N–H and O–H groups in total. The summed E-state index contributed by atoms with van der Waals surface area (Å²) in [6.07, 6.45) is 0. The minimum absolute atomic E-state index is 0.312. The summed E-state index contributed by atoms with van der Waals surface area (Å²) >= 11 is 0. The first-order chi connectivity index (χ1) is 8.25. The van der Waals surface area contributed by atoms with E-state index in [2.05, 4.69) is 5.32 Å². The molecule has 0 saturated heterocycles. The highest BCUT2D eigenvalue weighted by molar-refractivity contribution is 5.98. The van der Waals surface area contributed by atoms with Gasteiger partial charge in [0.15, 0.2) is 23.2 Å². The maximum absolute atomic E-state index is 13.3. The van der Waals surface area contributed by atoms with Crippen molar-refractivity contribution in [2.75, 3.05) is 0 Å². The highest BCUT2D eigenvalue weighted by Gasteiger charge is 2.23. The molecule has 1 aromatic carbocycles. The van der Waals surface area contributed by atoms with E-state index in [4.69, 9.17) is 5.11 Å². The van der Waals surface area contributed by atoms with Crippen LogP contribution < -0.4 is 5.32 Å². The number of benzene rings is 1. The smallest absolute Gasteiger partial charge is 0.255 e. The lowest BCUT2D eigenvalue weighted by Crippen LogP contribution is -2.37. The Hall–Kier alpha value is -2.05. The molecule has 0 aliphatic heterocycles. The van der Waals surface area contributed by atoms with Crippen LogP contribution in [0.4, 0.5) is 13.2 Å². The van der Waals surface area contributed by atoms with Gasteiger partial charge in [0.2, 0.25) is 5.82 Å². The maximum atomic E-state index is 13.3. The van der Waals surface area contributed by atoms with Crippen LogP contribution in [-0.2, 0) is 4.79 Å². The largest absolute Gasteiger partial charge is 0.503 e. The van der Waals surface area contributed by atoms with Crippen molar-refractivity contribution in [1.82, 2.24) is 5.32 Å². The molecule has 0 saturated carbocycles. The molecule has 98 valence electrons. The number of nitrogens with one attached hydrogen (secondary N) is 1. The predicted molar refractivity (Wildman–Crippen MR) is 55.6 cm³/mol. The molecule has 1 atom stereocenters. The van der Waals surface area contributed by atoms with Crippen LogP contribution in [-0.4, -0.2) is 22.8 Å². The molecule has 18 heavy (non-hydrogen) atoms. The first-order valence-electron chi connectivity index (χ1n) is 4.93. The standard InChI is InChI=1S/C11H10F3NO3/c1-4(5(2)16)15-11(18)6-3-7(12)9(14)10(17)8(6)13/h3-4,17H,1-2H3,(H,15,18). The van der Waals surface area contributed by atoms with Gasteiger partial charge < -0.3 is 10.4 Å². The number of rotatable bonds is 3. The van der Waals surface area contributed by atoms with Crippen molar-refractivity contribution in [2.24, 2.45) is 0 Å². The number of Topliss-reactive ketones (excluding diaryl/α,β-unsaturated/α-hetero) is 1. The Bertz CT molecular complexity index is 517. The Morgan fingerprint density at radius 3 is 2.33 bits per heavy atom. The van der Waals surface area contributed by atoms with Crippen LogP contribution >= 0.6 is 0 Å². The quantitative estimate of drug-likeness (QED) is 0.811. The molecule has 4 nitrogen and oxygen atoms in total. The summed E-state index contributed by atoms with van der Waals surface area (Å²) in [7, 11) is 0. The Morgan fingerprint density at radius 2 is 1.83 bits per heavy atom. The van der Waals surface area contributed by atoms with E-state index in [1.165, 1.54) is 13.8 Å². The van der Waals surface area contributed by atoms with Crippen molar-refractivity contribution in [3.63, 3.8) is 0 Å². The molecule has 0 heterocycles. The second-order valence-corrected chi connectivity index (χ2v) is 3.69. The third-order valence-electron chi connectivity index (χ3n) is 2.34. The molecule has 7 heteroatoms. The van der Waals surface area contributed by atoms with E-state index in [0.717, 1.165) is 0 Å².